The van der Waals surface area contributed by atoms with Crippen LogP contribution in [0.2, 0.25) is 0 Å². The number of allylic oxidation sites excluding steroid dienone is 5. The smallest absolute Gasteiger partial charge is 0.213 e. The predicted molar refractivity (Wildman–Crippen MR) is 89.6 cm³/mol. The first-order chi connectivity index (χ1) is 10.8. The van der Waals surface area contributed by atoms with E-state index in [0.29, 0.717) is 5.69 Å². The third-order valence-electron chi connectivity index (χ3n) is 3.67. The van der Waals surface area contributed by atoms with E-state index in [-0.39, 0.29) is 27.2 Å². The van der Waals surface area contributed by atoms with Crippen molar-refractivity contribution >= 4 is 21.3 Å². The molecule has 2 heterocycles. The molecule has 6 nitrogen and oxygen atoms in total. The highest BCUT2D eigenvalue weighted by atomic mass is 32.2. The second kappa shape index (κ2) is 5.34. The fourth-order valence-corrected chi connectivity index (χ4v) is 4.21. The van der Waals surface area contributed by atoms with Gasteiger partial charge in [-0.1, -0.05) is 31.2 Å². The quantitative estimate of drug-likeness (QED) is 0.913. The second-order valence-corrected chi connectivity index (χ2v) is 7.55. The van der Waals surface area contributed by atoms with Gasteiger partial charge >= 0.3 is 0 Å². The molecular formula is C16H18N4O2S. The number of hydrogen-bond acceptors (Lipinski definition) is 5. The van der Waals surface area contributed by atoms with E-state index in [0.717, 1.165) is 5.69 Å². The minimum Gasteiger partial charge on any atom is -0.381 e. The van der Waals surface area contributed by atoms with Gasteiger partial charge in [-0.05, 0) is 31.9 Å². The Balaban J connectivity index is 2.30. The molecule has 7 heteroatoms. The number of rotatable bonds is 2. The molecule has 0 amide bonds. The van der Waals surface area contributed by atoms with Crippen LogP contribution in [-0.2, 0) is 9.84 Å². The maximum Gasteiger partial charge on any atom is 0.213 e. The van der Waals surface area contributed by atoms with Gasteiger partial charge in [0.15, 0.2) is 16.4 Å². The zero-order valence-electron chi connectivity index (χ0n) is 13.2. The molecule has 2 N–H and O–H groups in total. The molecule has 2 aromatic heterocycles. The van der Waals surface area contributed by atoms with Crippen molar-refractivity contribution in [1.29, 1.82) is 0 Å². The van der Waals surface area contributed by atoms with Gasteiger partial charge in [-0.15, -0.1) is 5.10 Å². The Morgan fingerprint density at radius 3 is 2.74 bits per heavy atom. The minimum atomic E-state index is -3.80. The van der Waals surface area contributed by atoms with Crippen molar-refractivity contribution in [1.82, 2.24) is 14.6 Å². The fraction of sp³-hybridized carbons (Fsp3) is 0.250. The first-order valence-corrected chi connectivity index (χ1v) is 8.73. The fourth-order valence-electron chi connectivity index (χ4n) is 2.63. The normalized spacial score (nSPS) is 18.2. The summed E-state index contributed by atoms with van der Waals surface area (Å²) in [5.41, 5.74) is 7.68. The molecule has 120 valence electrons. The van der Waals surface area contributed by atoms with Gasteiger partial charge in [-0.25, -0.2) is 17.9 Å². The van der Waals surface area contributed by atoms with Gasteiger partial charge < -0.3 is 5.73 Å². The Labute approximate surface area is 134 Å². The summed E-state index contributed by atoms with van der Waals surface area (Å²) in [6.07, 6.45) is 8.72. The number of nitrogens with zero attached hydrogens (tertiary/aromatic N) is 3. The number of nitrogen functional groups attached to an aromatic ring is 1. The van der Waals surface area contributed by atoms with Crippen LogP contribution in [-0.4, -0.2) is 23.0 Å². The zero-order valence-corrected chi connectivity index (χ0v) is 14.0. The monoisotopic (exact) mass is 330 g/mol. The lowest BCUT2D eigenvalue weighted by Gasteiger charge is -2.06. The van der Waals surface area contributed by atoms with E-state index in [9.17, 15) is 8.42 Å². The molecule has 0 aliphatic heterocycles. The molecule has 0 saturated heterocycles. The van der Waals surface area contributed by atoms with Crippen molar-refractivity contribution < 1.29 is 8.42 Å². The average molecular weight is 330 g/mol. The van der Waals surface area contributed by atoms with Crippen LogP contribution < -0.4 is 5.73 Å². The molecule has 1 aliphatic carbocycles. The van der Waals surface area contributed by atoms with Crippen LogP contribution in [0.5, 0.6) is 0 Å². The van der Waals surface area contributed by atoms with Gasteiger partial charge in [0.05, 0.1) is 4.91 Å². The van der Waals surface area contributed by atoms with Gasteiger partial charge in [0.1, 0.15) is 0 Å². The highest BCUT2D eigenvalue weighted by Gasteiger charge is 2.29. The predicted octanol–water partition coefficient (Wildman–Crippen LogP) is 2.35. The third-order valence-corrected chi connectivity index (χ3v) is 5.49. The molecule has 2 aromatic rings. The second-order valence-electron chi connectivity index (χ2n) is 5.66. The number of anilines is 1. The number of fused-ring (bicyclic) bond motifs is 1. The SMILES string of the molecule is Cc1cc(C)n2nc(N)c(S(=O)(=O)C3=CC(C)C=CC=C3)c2n1. The number of sulfone groups is 1. The van der Waals surface area contributed by atoms with E-state index in [1.54, 1.807) is 18.2 Å². The lowest BCUT2D eigenvalue weighted by Crippen LogP contribution is -2.07. The van der Waals surface area contributed by atoms with Gasteiger partial charge in [-0.3, -0.25) is 0 Å². The van der Waals surface area contributed by atoms with Gasteiger partial charge in [0, 0.05) is 11.4 Å². The van der Waals surface area contributed by atoms with E-state index in [1.807, 2.05) is 39.0 Å². The lowest BCUT2D eigenvalue weighted by atomic mass is 10.2. The summed E-state index contributed by atoms with van der Waals surface area (Å²) >= 11 is 0. The van der Waals surface area contributed by atoms with Crippen molar-refractivity contribution in [2.24, 2.45) is 5.92 Å². The Bertz CT molecular complexity index is 981. The van der Waals surface area contributed by atoms with Crippen LogP contribution in [0.15, 0.2) is 46.2 Å². The van der Waals surface area contributed by atoms with Gasteiger partial charge in [0.2, 0.25) is 9.84 Å². The summed E-state index contributed by atoms with van der Waals surface area (Å²) in [4.78, 5) is 4.51. The molecule has 23 heavy (non-hydrogen) atoms. The summed E-state index contributed by atoms with van der Waals surface area (Å²) < 4.78 is 27.6. The standard InChI is InChI=1S/C16H18N4O2S/c1-10-6-4-5-7-13(8-10)23(21,22)14-15(17)19-20-12(3)9-11(2)18-16(14)20/h4-10H,1-3H3,(H2,17,19). The van der Waals surface area contributed by atoms with Gasteiger partial charge in [0.25, 0.3) is 0 Å². The number of hydrogen-bond donors (Lipinski definition) is 1. The van der Waals surface area contributed by atoms with Crippen LogP contribution in [0.4, 0.5) is 5.82 Å². The number of aryl methyl sites for hydroxylation is 2. The molecule has 0 aromatic carbocycles. The van der Waals surface area contributed by atoms with Crippen molar-refractivity contribution in [2.75, 3.05) is 5.73 Å². The highest BCUT2D eigenvalue weighted by molar-refractivity contribution is 7.95. The van der Waals surface area contributed by atoms with Gasteiger partial charge in [-0.2, -0.15) is 0 Å². The summed E-state index contributed by atoms with van der Waals surface area (Å²) in [7, 11) is -3.80. The molecule has 0 spiro atoms. The molecule has 0 bridgehead atoms. The minimum absolute atomic E-state index is 0.00858. The summed E-state index contributed by atoms with van der Waals surface area (Å²) in [6.45, 7) is 5.57. The van der Waals surface area contributed by atoms with E-state index >= 15 is 0 Å². The summed E-state index contributed by atoms with van der Waals surface area (Å²) in [5.74, 6) is -0.0281. The van der Waals surface area contributed by atoms with Crippen molar-refractivity contribution in [3.63, 3.8) is 0 Å². The van der Waals surface area contributed by atoms with Crippen molar-refractivity contribution in [3.8, 4) is 0 Å². The molecule has 1 atom stereocenters. The topological polar surface area (TPSA) is 90.4 Å². The number of aromatic nitrogens is 3. The summed E-state index contributed by atoms with van der Waals surface area (Å²) in [6, 6.07) is 1.83. The lowest BCUT2D eigenvalue weighted by molar-refractivity contribution is 0.603. The Morgan fingerprint density at radius 2 is 2.00 bits per heavy atom. The molecule has 3 rings (SSSR count). The highest BCUT2D eigenvalue weighted by Crippen LogP contribution is 2.31. The molecule has 0 fully saturated rings. The Hall–Kier alpha value is -2.41. The molecule has 1 aliphatic rings. The zero-order chi connectivity index (χ0) is 16.8. The van der Waals surface area contributed by atoms with Crippen LogP contribution in [0.25, 0.3) is 5.65 Å². The van der Waals surface area contributed by atoms with Crippen LogP contribution >= 0.6 is 0 Å². The largest absolute Gasteiger partial charge is 0.381 e. The Morgan fingerprint density at radius 1 is 1.26 bits per heavy atom. The van der Waals surface area contributed by atoms with Crippen molar-refractivity contribution in [3.05, 3.63) is 52.7 Å². The molecular weight excluding hydrogens is 312 g/mol. The van der Waals surface area contributed by atoms with E-state index < -0.39 is 9.84 Å². The first kappa shape index (κ1) is 15.5. The maximum atomic E-state index is 13.1. The van der Waals surface area contributed by atoms with E-state index in [4.69, 9.17) is 5.73 Å². The number of nitrogens with two attached hydrogens (primary N) is 1. The first-order valence-electron chi connectivity index (χ1n) is 7.25. The van der Waals surface area contributed by atoms with Crippen LogP contribution in [0, 0.1) is 19.8 Å². The van der Waals surface area contributed by atoms with E-state index in [2.05, 4.69) is 10.1 Å². The molecule has 0 saturated carbocycles. The third kappa shape index (κ3) is 2.57. The van der Waals surface area contributed by atoms with E-state index in [1.165, 1.54) is 4.52 Å². The molecule has 1 unspecified atom stereocenters. The molecule has 0 radical (unpaired) electrons. The summed E-state index contributed by atoms with van der Waals surface area (Å²) in [5, 5.41) is 4.14. The van der Waals surface area contributed by atoms with Crippen LogP contribution in [0.1, 0.15) is 18.3 Å². The van der Waals surface area contributed by atoms with Crippen LogP contribution in [0.3, 0.4) is 0 Å². The van der Waals surface area contributed by atoms with Crippen molar-refractivity contribution in [2.45, 2.75) is 25.7 Å². The maximum absolute atomic E-state index is 13.1. The average Bonchev–Trinajstić information content (AvgIpc) is 2.64. The Kier molecular flexibility index (Phi) is 3.60.